The van der Waals surface area contributed by atoms with Crippen LogP contribution in [-0.2, 0) is 20.0 Å². The molecule has 0 atom stereocenters. The lowest BCUT2D eigenvalue weighted by molar-refractivity contribution is -0.121. The molecule has 0 aliphatic rings. The summed E-state index contributed by atoms with van der Waals surface area (Å²) in [6.45, 7) is -1.72. The number of hydrogen-bond acceptors (Lipinski definition) is 4. The van der Waals surface area contributed by atoms with Gasteiger partial charge in [-0.05, 0) is 42.5 Å². The Balaban J connectivity index is 2.20. The van der Waals surface area contributed by atoms with Crippen LogP contribution < -0.4 is 9.44 Å². The van der Waals surface area contributed by atoms with Gasteiger partial charge in [-0.15, -0.1) is 0 Å². The highest BCUT2D eigenvalue weighted by Gasteiger charge is 2.30. The summed E-state index contributed by atoms with van der Waals surface area (Å²) in [6.07, 6.45) is -4.71. The summed E-state index contributed by atoms with van der Waals surface area (Å²) in [7, 11) is -8.47. The first-order valence-electron chi connectivity index (χ1n) is 6.94. The first kappa shape index (κ1) is 21.8. The van der Waals surface area contributed by atoms with Crippen LogP contribution in [0.4, 0.5) is 18.9 Å². The molecular formula is C14H11Cl2F3N2O4S2. The molecule has 0 unspecified atom stereocenters. The first-order chi connectivity index (χ1) is 12.3. The first-order valence-corrected chi connectivity index (χ1v) is 10.7. The third kappa shape index (κ3) is 6.25. The molecule has 13 heteroatoms. The average Bonchev–Trinajstić information content (AvgIpc) is 2.52. The Bertz CT molecular complexity index is 1020. The molecular weight excluding hydrogens is 452 g/mol. The lowest BCUT2D eigenvalue weighted by Gasteiger charge is -2.11. The van der Waals surface area contributed by atoms with Crippen molar-refractivity contribution in [2.24, 2.45) is 0 Å². The molecule has 0 bridgehead atoms. The zero-order chi connectivity index (χ0) is 20.5. The van der Waals surface area contributed by atoms with Gasteiger partial charge in [0.15, 0.2) is 0 Å². The molecule has 0 radical (unpaired) electrons. The van der Waals surface area contributed by atoms with E-state index < -0.39 is 37.7 Å². The van der Waals surface area contributed by atoms with Crippen molar-refractivity contribution in [3.63, 3.8) is 0 Å². The molecule has 0 saturated carbocycles. The molecule has 2 aromatic rings. The molecule has 0 fully saturated rings. The number of benzene rings is 2. The summed E-state index contributed by atoms with van der Waals surface area (Å²) in [6, 6.07) is 7.77. The van der Waals surface area contributed by atoms with Gasteiger partial charge in [0.05, 0.1) is 9.79 Å². The monoisotopic (exact) mass is 462 g/mol. The van der Waals surface area contributed by atoms with E-state index in [1.165, 1.54) is 10.8 Å². The number of nitrogens with one attached hydrogen (secondary N) is 2. The van der Waals surface area contributed by atoms with Crippen LogP contribution in [0.3, 0.4) is 0 Å². The van der Waals surface area contributed by atoms with Crippen LogP contribution in [0.15, 0.2) is 52.3 Å². The van der Waals surface area contributed by atoms with Gasteiger partial charge in [-0.25, -0.2) is 21.6 Å². The fraction of sp³-hybridized carbons (Fsp3) is 0.143. The Morgan fingerprint density at radius 3 is 1.81 bits per heavy atom. The minimum Gasteiger partial charge on any atom is -0.280 e. The summed E-state index contributed by atoms with van der Waals surface area (Å²) in [5, 5.41) is 0.195. The van der Waals surface area contributed by atoms with Gasteiger partial charge in [-0.1, -0.05) is 23.2 Å². The van der Waals surface area contributed by atoms with E-state index in [0.717, 1.165) is 36.4 Å². The van der Waals surface area contributed by atoms with Crippen LogP contribution >= 0.6 is 23.2 Å². The Morgan fingerprint density at radius 2 is 1.33 bits per heavy atom. The highest BCUT2D eigenvalue weighted by atomic mass is 35.5. The standard InChI is InChI=1S/C14H11Cl2F3N2O4S2/c15-9-5-10(16)7-13(6-9)27(24,25)21-11-1-3-12(4-2-11)26(22,23)20-8-14(17,18)19/h1-7,20-21H,8H2. The summed E-state index contributed by atoms with van der Waals surface area (Å²) >= 11 is 11.5. The number of sulfonamides is 2. The highest BCUT2D eigenvalue weighted by molar-refractivity contribution is 7.92. The van der Waals surface area contributed by atoms with Gasteiger partial charge in [-0.3, -0.25) is 4.72 Å². The van der Waals surface area contributed by atoms with Crippen molar-refractivity contribution in [1.29, 1.82) is 0 Å². The van der Waals surface area contributed by atoms with Gasteiger partial charge in [0.25, 0.3) is 10.0 Å². The molecule has 0 spiro atoms. The second-order valence-electron chi connectivity index (χ2n) is 5.17. The van der Waals surface area contributed by atoms with Crippen LogP contribution in [0.2, 0.25) is 10.0 Å². The molecule has 0 aliphatic heterocycles. The van der Waals surface area contributed by atoms with Gasteiger partial charge in [0.2, 0.25) is 10.0 Å². The van der Waals surface area contributed by atoms with Gasteiger partial charge >= 0.3 is 6.18 Å². The summed E-state index contributed by atoms with van der Waals surface area (Å²) in [5.41, 5.74) is -0.0131. The molecule has 2 N–H and O–H groups in total. The SMILES string of the molecule is O=S(=O)(NCC(F)(F)F)c1ccc(NS(=O)(=O)c2cc(Cl)cc(Cl)c2)cc1. The van der Waals surface area contributed by atoms with Crippen LogP contribution in [0, 0.1) is 0 Å². The minimum absolute atomic E-state index is 0.0131. The molecule has 148 valence electrons. The van der Waals surface area contributed by atoms with E-state index in [0.29, 0.717) is 0 Å². The second kappa shape index (κ2) is 7.84. The summed E-state index contributed by atoms with van der Waals surface area (Å²) < 4.78 is 88.2. The van der Waals surface area contributed by atoms with Crippen molar-refractivity contribution in [2.45, 2.75) is 16.0 Å². The van der Waals surface area contributed by atoms with Gasteiger partial charge in [-0.2, -0.15) is 13.2 Å². The zero-order valence-electron chi connectivity index (χ0n) is 13.1. The predicted octanol–water partition coefficient (Wildman–Crippen LogP) is 3.63. The van der Waals surface area contributed by atoms with E-state index in [2.05, 4.69) is 4.72 Å². The lowest BCUT2D eigenvalue weighted by atomic mass is 10.3. The maximum absolute atomic E-state index is 12.3. The van der Waals surface area contributed by atoms with E-state index in [-0.39, 0.29) is 20.6 Å². The average molecular weight is 463 g/mol. The third-order valence-electron chi connectivity index (χ3n) is 3.03. The molecule has 2 aromatic carbocycles. The second-order valence-corrected chi connectivity index (χ2v) is 9.50. The maximum Gasteiger partial charge on any atom is 0.402 e. The van der Waals surface area contributed by atoms with E-state index in [4.69, 9.17) is 23.2 Å². The maximum atomic E-state index is 12.3. The number of rotatable bonds is 6. The molecule has 0 aliphatic carbocycles. The van der Waals surface area contributed by atoms with Gasteiger partial charge in [0, 0.05) is 15.7 Å². The molecule has 0 heterocycles. The Labute approximate surface area is 163 Å². The normalized spacial score (nSPS) is 12.8. The number of alkyl halides is 3. The largest absolute Gasteiger partial charge is 0.402 e. The third-order valence-corrected chi connectivity index (χ3v) is 6.24. The van der Waals surface area contributed by atoms with Crippen molar-refractivity contribution in [3.05, 3.63) is 52.5 Å². The van der Waals surface area contributed by atoms with Gasteiger partial charge < -0.3 is 0 Å². The number of halogens is 5. The van der Waals surface area contributed by atoms with E-state index in [1.807, 2.05) is 0 Å². The fourth-order valence-electron chi connectivity index (χ4n) is 1.86. The molecule has 6 nitrogen and oxygen atoms in total. The zero-order valence-corrected chi connectivity index (χ0v) is 16.2. The number of hydrogen-bond donors (Lipinski definition) is 2. The number of anilines is 1. The van der Waals surface area contributed by atoms with Crippen molar-refractivity contribution >= 4 is 48.9 Å². The Morgan fingerprint density at radius 1 is 0.815 bits per heavy atom. The quantitative estimate of drug-likeness (QED) is 0.685. The Hall–Kier alpha value is -1.53. The topological polar surface area (TPSA) is 92.3 Å². The molecule has 2 rings (SSSR count). The van der Waals surface area contributed by atoms with Crippen molar-refractivity contribution in [1.82, 2.24) is 4.72 Å². The highest BCUT2D eigenvalue weighted by Crippen LogP contribution is 2.25. The van der Waals surface area contributed by atoms with E-state index >= 15 is 0 Å². The van der Waals surface area contributed by atoms with Crippen LogP contribution in [0.25, 0.3) is 0 Å². The molecule has 0 saturated heterocycles. The van der Waals surface area contributed by atoms with Gasteiger partial charge in [0.1, 0.15) is 6.54 Å². The van der Waals surface area contributed by atoms with Crippen molar-refractivity contribution in [3.8, 4) is 0 Å². The predicted molar refractivity (Wildman–Crippen MR) is 95.0 cm³/mol. The lowest BCUT2D eigenvalue weighted by Crippen LogP contribution is -2.33. The van der Waals surface area contributed by atoms with Crippen LogP contribution in [0.5, 0.6) is 0 Å². The minimum atomic E-state index is -4.71. The van der Waals surface area contributed by atoms with E-state index in [9.17, 15) is 30.0 Å². The van der Waals surface area contributed by atoms with Crippen LogP contribution in [-0.4, -0.2) is 29.6 Å². The van der Waals surface area contributed by atoms with Crippen LogP contribution in [0.1, 0.15) is 0 Å². The van der Waals surface area contributed by atoms with Crippen molar-refractivity contribution in [2.75, 3.05) is 11.3 Å². The smallest absolute Gasteiger partial charge is 0.280 e. The fourth-order valence-corrected chi connectivity index (χ4v) is 4.66. The summed E-state index contributed by atoms with van der Waals surface area (Å²) in [5.74, 6) is 0. The molecule has 27 heavy (non-hydrogen) atoms. The summed E-state index contributed by atoms with van der Waals surface area (Å²) in [4.78, 5) is -0.677. The molecule has 0 aromatic heterocycles. The molecule has 0 amide bonds. The Kier molecular flexibility index (Phi) is 6.32. The van der Waals surface area contributed by atoms with E-state index in [1.54, 1.807) is 0 Å². The van der Waals surface area contributed by atoms with Crippen molar-refractivity contribution < 1.29 is 30.0 Å².